The van der Waals surface area contributed by atoms with Crippen molar-refractivity contribution in [3.8, 4) is 11.5 Å². The number of nitrogens with zero attached hydrogens (tertiary/aromatic N) is 1. The predicted molar refractivity (Wildman–Crippen MR) is 131 cm³/mol. The van der Waals surface area contributed by atoms with E-state index in [0.29, 0.717) is 46.0 Å². The summed E-state index contributed by atoms with van der Waals surface area (Å²) in [7, 11) is -3.99. The van der Waals surface area contributed by atoms with Gasteiger partial charge in [-0.1, -0.05) is 47.0 Å². The molecule has 1 amide bonds. The highest BCUT2D eigenvalue weighted by atomic mass is 35.5. The first-order valence-electron chi connectivity index (χ1n) is 10.4. The SMILES string of the molecule is Cc1ccc(S(=O)(=O)N(CC(=O)Nc2ccc3c(c2)OCCO3)Cc2ccc(Cl)c(Cl)c2)cc1. The number of rotatable bonds is 7. The number of carbonyl (C=O) groups is 1. The van der Waals surface area contributed by atoms with Gasteiger partial charge in [-0.3, -0.25) is 4.79 Å². The van der Waals surface area contributed by atoms with Crippen LogP contribution in [0.3, 0.4) is 0 Å². The summed E-state index contributed by atoms with van der Waals surface area (Å²) >= 11 is 12.1. The Bertz CT molecular complexity index is 1310. The van der Waals surface area contributed by atoms with E-state index in [1.807, 2.05) is 6.92 Å². The van der Waals surface area contributed by atoms with Crippen LogP contribution in [-0.4, -0.2) is 38.4 Å². The number of halogens is 2. The zero-order valence-corrected chi connectivity index (χ0v) is 20.6. The Morgan fingerprint density at radius 2 is 1.65 bits per heavy atom. The van der Waals surface area contributed by atoms with E-state index in [4.69, 9.17) is 32.7 Å². The highest BCUT2D eigenvalue weighted by Gasteiger charge is 2.27. The van der Waals surface area contributed by atoms with Crippen LogP contribution in [0.4, 0.5) is 5.69 Å². The molecule has 178 valence electrons. The Morgan fingerprint density at radius 3 is 2.35 bits per heavy atom. The summed E-state index contributed by atoms with van der Waals surface area (Å²) in [6.45, 7) is 2.26. The molecule has 1 aliphatic rings. The van der Waals surface area contributed by atoms with Crippen LogP contribution in [0.2, 0.25) is 10.0 Å². The molecule has 10 heteroatoms. The van der Waals surface area contributed by atoms with Gasteiger partial charge in [-0.25, -0.2) is 8.42 Å². The maximum atomic E-state index is 13.4. The summed E-state index contributed by atoms with van der Waals surface area (Å²) in [5.74, 6) is 0.601. The first-order valence-corrected chi connectivity index (χ1v) is 12.6. The van der Waals surface area contributed by atoms with Crippen molar-refractivity contribution in [3.05, 3.63) is 81.8 Å². The lowest BCUT2D eigenvalue weighted by Gasteiger charge is -2.23. The molecule has 34 heavy (non-hydrogen) atoms. The molecule has 7 nitrogen and oxygen atoms in total. The van der Waals surface area contributed by atoms with Gasteiger partial charge in [0.25, 0.3) is 0 Å². The van der Waals surface area contributed by atoms with Crippen LogP contribution in [-0.2, 0) is 21.4 Å². The van der Waals surface area contributed by atoms with E-state index in [-0.39, 0.29) is 11.4 Å². The van der Waals surface area contributed by atoms with Crippen molar-refractivity contribution in [1.82, 2.24) is 4.31 Å². The standard InChI is InChI=1S/C24H22Cl2N2O5S/c1-16-2-6-19(7-3-16)34(30,31)28(14-17-4-8-20(25)21(26)12-17)15-24(29)27-18-5-9-22-23(13-18)33-11-10-32-22/h2-9,12-13H,10-11,14-15H2,1H3,(H,27,29). The Morgan fingerprint density at radius 1 is 0.941 bits per heavy atom. The third kappa shape index (κ3) is 5.64. The van der Waals surface area contributed by atoms with E-state index < -0.39 is 22.5 Å². The predicted octanol–water partition coefficient (Wildman–Crippen LogP) is 4.90. The molecule has 0 unspecified atom stereocenters. The van der Waals surface area contributed by atoms with Crippen LogP contribution in [0.1, 0.15) is 11.1 Å². The second-order valence-electron chi connectivity index (χ2n) is 7.74. The minimum Gasteiger partial charge on any atom is -0.486 e. The molecular formula is C24H22Cl2N2O5S. The number of ether oxygens (including phenoxy) is 2. The number of nitrogens with one attached hydrogen (secondary N) is 1. The van der Waals surface area contributed by atoms with Crippen molar-refractivity contribution >= 4 is 44.8 Å². The van der Waals surface area contributed by atoms with Crippen LogP contribution >= 0.6 is 23.2 Å². The van der Waals surface area contributed by atoms with Crippen molar-refractivity contribution in [2.75, 3.05) is 25.1 Å². The first-order chi connectivity index (χ1) is 16.2. The number of amides is 1. The fraction of sp³-hybridized carbons (Fsp3) is 0.208. The third-order valence-electron chi connectivity index (χ3n) is 5.15. The topological polar surface area (TPSA) is 84.9 Å². The van der Waals surface area contributed by atoms with Gasteiger partial charge in [0.15, 0.2) is 11.5 Å². The summed E-state index contributed by atoms with van der Waals surface area (Å²) in [5, 5.41) is 3.39. The Kier molecular flexibility index (Phi) is 7.33. The van der Waals surface area contributed by atoms with Crippen LogP contribution in [0.5, 0.6) is 11.5 Å². The number of sulfonamides is 1. The van der Waals surface area contributed by atoms with Crippen LogP contribution in [0.25, 0.3) is 0 Å². The molecule has 0 atom stereocenters. The monoisotopic (exact) mass is 520 g/mol. The molecule has 1 aliphatic heterocycles. The second kappa shape index (κ2) is 10.2. The number of anilines is 1. The lowest BCUT2D eigenvalue weighted by Crippen LogP contribution is -2.37. The normalized spacial score (nSPS) is 13.1. The maximum absolute atomic E-state index is 13.4. The molecule has 1 heterocycles. The molecule has 3 aromatic rings. The van der Waals surface area contributed by atoms with E-state index in [2.05, 4.69) is 5.32 Å². The van der Waals surface area contributed by atoms with Gasteiger partial charge in [0.05, 0.1) is 21.5 Å². The van der Waals surface area contributed by atoms with Gasteiger partial charge < -0.3 is 14.8 Å². The molecule has 3 aromatic carbocycles. The van der Waals surface area contributed by atoms with Gasteiger partial charge in [0, 0.05) is 18.3 Å². The van der Waals surface area contributed by atoms with Gasteiger partial charge in [0.2, 0.25) is 15.9 Å². The quantitative estimate of drug-likeness (QED) is 0.478. The molecule has 0 radical (unpaired) electrons. The first kappa shape index (κ1) is 24.3. The van der Waals surface area contributed by atoms with Crippen molar-refractivity contribution in [3.63, 3.8) is 0 Å². The van der Waals surface area contributed by atoms with E-state index in [0.717, 1.165) is 9.87 Å². The van der Waals surface area contributed by atoms with E-state index in [9.17, 15) is 13.2 Å². The summed E-state index contributed by atoms with van der Waals surface area (Å²) < 4.78 is 39.0. The lowest BCUT2D eigenvalue weighted by molar-refractivity contribution is -0.116. The molecule has 0 aliphatic carbocycles. The average molecular weight is 521 g/mol. The van der Waals surface area contributed by atoms with Crippen molar-refractivity contribution in [2.45, 2.75) is 18.4 Å². The Hall–Kier alpha value is -2.78. The molecule has 0 spiro atoms. The lowest BCUT2D eigenvalue weighted by atomic mass is 10.2. The summed E-state index contributed by atoms with van der Waals surface area (Å²) in [5.41, 5.74) is 1.99. The smallest absolute Gasteiger partial charge is 0.243 e. The molecule has 4 rings (SSSR count). The number of benzene rings is 3. The number of hydrogen-bond donors (Lipinski definition) is 1. The van der Waals surface area contributed by atoms with Crippen LogP contribution < -0.4 is 14.8 Å². The van der Waals surface area contributed by atoms with Gasteiger partial charge in [0.1, 0.15) is 13.2 Å². The summed E-state index contributed by atoms with van der Waals surface area (Å²) in [6.07, 6.45) is 0. The van der Waals surface area contributed by atoms with E-state index >= 15 is 0 Å². The molecule has 1 N–H and O–H groups in total. The fourth-order valence-corrected chi connectivity index (χ4v) is 5.11. The summed E-state index contributed by atoms with van der Waals surface area (Å²) in [4.78, 5) is 13.0. The van der Waals surface area contributed by atoms with Crippen LogP contribution in [0.15, 0.2) is 65.6 Å². The minimum atomic E-state index is -3.99. The number of carbonyl (C=O) groups excluding carboxylic acids is 1. The zero-order chi connectivity index (χ0) is 24.3. The van der Waals surface area contributed by atoms with E-state index in [1.165, 1.54) is 12.1 Å². The van der Waals surface area contributed by atoms with E-state index in [1.54, 1.807) is 48.5 Å². The Balaban J connectivity index is 1.58. The van der Waals surface area contributed by atoms with Crippen LogP contribution in [0, 0.1) is 6.92 Å². The molecular weight excluding hydrogens is 499 g/mol. The molecule has 0 saturated carbocycles. The van der Waals surface area contributed by atoms with Crippen molar-refractivity contribution in [2.24, 2.45) is 0 Å². The third-order valence-corrected chi connectivity index (χ3v) is 7.69. The van der Waals surface area contributed by atoms with Gasteiger partial charge in [-0.05, 0) is 48.9 Å². The largest absolute Gasteiger partial charge is 0.486 e. The molecule has 0 bridgehead atoms. The maximum Gasteiger partial charge on any atom is 0.243 e. The minimum absolute atomic E-state index is 0.0678. The number of hydrogen-bond acceptors (Lipinski definition) is 5. The molecule has 0 aromatic heterocycles. The van der Waals surface area contributed by atoms with Crippen molar-refractivity contribution < 1.29 is 22.7 Å². The fourth-order valence-electron chi connectivity index (χ4n) is 3.41. The van der Waals surface area contributed by atoms with Crippen molar-refractivity contribution in [1.29, 1.82) is 0 Å². The van der Waals surface area contributed by atoms with Gasteiger partial charge >= 0.3 is 0 Å². The Labute approximate surface area is 208 Å². The number of aryl methyl sites for hydroxylation is 1. The molecule has 0 saturated heterocycles. The van der Waals surface area contributed by atoms with Gasteiger partial charge in [-0.15, -0.1) is 0 Å². The van der Waals surface area contributed by atoms with Gasteiger partial charge in [-0.2, -0.15) is 4.31 Å². The summed E-state index contributed by atoms with van der Waals surface area (Å²) in [6, 6.07) is 16.3. The zero-order valence-electron chi connectivity index (χ0n) is 18.3. The molecule has 0 fully saturated rings. The second-order valence-corrected chi connectivity index (χ2v) is 10.5. The average Bonchev–Trinajstić information content (AvgIpc) is 2.81. The number of fused-ring (bicyclic) bond motifs is 1. The highest BCUT2D eigenvalue weighted by molar-refractivity contribution is 7.89. The highest BCUT2D eigenvalue weighted by Crippen LogP contribution is 2.32.